The van der Waals surface area contributed by atoms with Crippen molar-refractivity contribution in [2.45, 2.75) is 50.8 Å². The Labute approximate surface area is 94.5 Å². The summed E-state index contributed by atoms with van der Waals surface area (Å²) in [6.45, 7) is 4.09. The molecule has 0 aromatic carbocycles. The zero-order valence-electron chi connectivity index (χ0n) is 9.19. The molecule has 1 rings (SSSR count). The highest BCUT2D eigenvalue weighted by Crippen LogP contribution is 2.26. The number of carbonyl (C=O) groups excluding carboxylic acids is 1. The van der Waals surface area contributed by atoms with Gasteiger partial charge in [0.1, 0.15) is 5.04 Å². The lowest BCUT2D eigenvalue weighted by atomic mass is 10.1. The molecule has 15 heavy (non-hydrogen) atoms. The zero-order chi connectivity index (χ0) is 11.3. The lowest BCUT2D eigenvalue weighted by Gasteiger charge is -2.28. The first-order chi connectivity index (χ1) is 7.22. The van der Waals surface area contributed by atoms with Crippen LogP contribution in [0.15, 0.2) is 5.16 Å². The summed E-state index contributed by atoms with van der Waals surface area (Å²) in [5, 5.41) is 15.6. The van der Waals surface area contributed by atoms with E-state index in [0.29, 0.717) is 5.04 Å². The Morgan fingerprint density at radius 1 is 1.40 bits per heavy atom. The highest BCUT2D eigenvalue weighted by molar-refractivity contribution is 8.15. The van der Waals surface area contributed by atoms with Crippen molar-refractivity contribution < 1.29 is 10.0 Å². The fraction of sp³-hybridized carbons (Fsp3) is 0.800. The van der Waals surface area contributed by atoms with Crippen LogP contribution in [-0.2, 0) is 4.79 Å². The van der Waals surface area contributed by atoms with Gasteiger partial charge in [0, 0.05) is 0 Å². The van der Waals surface area contributed by atoms with Gasteiger partial charge in [0.25, 0.3) is 0 Å². The van der Waals surface area contributed by atoms with Crippen LogP contribution in [0.5, 0.6) is 0 Å². The first kappa shape index (κ1) is 12.4. The molecule has 1 aliphatic heterocycles. The van der Waals surface area contributed by atoms with E-state index in [1.807, 2.05) is 13.8 Å². The summed E-state index contributed by atoms with van der Waals surface area (Å²) in [7, 11) is 0. The van der Waals surface area contributed by atoms with Crippen molar-refractivity contribution in [1.29, 1.82) is 0 Å². The molecule has 2 N–H and O–H groups in total. The lowest BCUT2D eigenvalue weighted by Crippen LogP contribution is -2.49. The molecule has 5 heteroatoms. The highest BCUT2D eigenvalue weighted by atomic mass is 32.2. The summed E-state index contributed by atoms with van der Waals surface area (Å²) >= 11 is 1.40. The molecule has 0 bridgehead atoms. The van der Waals surface area contributed by atoms with Gasteiger partial charge in [-0.15, -0.1) is 0 Å². The molecule has 0 aromatic rings. The summed E-state index contributed by atoms with van der Waals surface area (Å²) in [6, 6.07) is -0.0920. The van der Waals surface area contributed by atoms with Gasteiger partial charge in [0.05, 0.1) is 11.3 Å². The van der Waals surface area contributed by atoms with Gasteiger partial charge in [-0.25, -0.2) is 0 Å². The molecule has 1 heterocycles. The van der Waals surface area contributed by atoms with E-state index in [9.17, 15) is 4.79 Å². The van der Waals surface area contributed by atoms with Crippen molar-refractivity contribution in [3.05, 3.63) is 0 Å². The second kappa shape index (κ2) is 6.00. The van der Waals surface area contributed by atoms with Crippen molar-refractivity contribution >= 4 is 22.7 Å². The average molecular weight is 230 g/mol. The SMILES string of the molecule is CCCC1NC(=O)C(CCC)SC1=NO. The van der Waals surface area contributed by atoms with E-state index in [2.05, 4.69) is 10.5 Å². The third-order valence-corrected chi connectivity index (χ3v) is 3.74. The molecule has 1 saturated heterocycles. The molecule has 1 aliphatic rings. The van der Waals surface area contributed by atoms with Crippen LogP contribution in [0.2, 0.25) is 0 Å². The van der Waals surface area contributed by atoms with Gasteiger partial charge in [-0.05, 0) is 12.8 Å². The molecule has 2 unspecified atom stereocenters. The maximum Gasteiger partial charge on any atom is 0.234 e. The molecule has 0 radical (unpaired) electrons. The van der Waals surface area contributed by atoms with Crippen LogP contribution < -0.4 is 5.32 Å². The number of nitrogens with one attached hydrogen (secondary N) is 1. The minimum atomic E-state index is -0.0920. The van der Waals surface area contributed by atoms with Gasteiger partial charge in [-0.3, -0.25) is 4.79 Å². The minimum Gasteiger partial charge on any atom is -0.410 e. The number of rotatable bonds is 4. The Morgan fingerprint density at radius 3 is 2.60 bits per heavy atom. The second-order valence-corrected chi connectivity index (χ2v) is 4.91. The summed E-state index contributed by atoms with van der Waals surface area (Å²) < 4.78 is 0. The van der Waals surface area contributed by atoms with Crippen LogP contribution in [-0.4, -0.2) is 27.4 Å². The molecular weight excluding hydrogens is 212 g/mol. The predicted octanol–water partition coefficient (Wildman–Crippen LogP) is 1.97. The predicted molar refractivity (Wildman–Crippen MR) is 62.3 cm³/mol. The topological polar surface area (TPSA) is 61.7 Å². The number of amides is 1. The summed E-state index contributed by atoms with van der Waals surface area (Å²) in [5.74, 6) is 0.0766. The first-order valence-corrected chi connectivity index (χ1v) is 6.29. The monoisotopic (exact) mass is 230 g/mol. The Balaban J connectivity index is 2.65. The van der Waals surface area contributed by atoms with Gasteiger partial charge in [-0.2, -0.15) is 0 Å². The van der Waals surface area contributed by atoms with Crippen LogP contribution in [0.3, 0.4) is 0 Å². The minimum absolute atomic E-state index is 0.0766. The number of oxime groups is 1. The molecule has 0 aliphatic carbocycles. The first-order valence-electron chi connectivity index (χ1n) is 5.41. The number of nitrogens with zero attached hydrogens (tertiary/aromatic N) is 1. The van der Waals surface area contributed by atoms with Gasteiger partial charge >= 0.3 is 0 Å². The van der Waals surface area contributed by atoms with Crippen molar-refractivity contribution in [1.82, 2.24) is 5.32 Å². The quantitative estimate of drug-likeness (QED) is 0.573. The fourth-order valence-electron chi connectivity index (χ4n) is 1.64. The summed E-state index contributed by atoms with van der Waals surface area (Å²) in [6.07, 6.45) is 3.58. The summed E-state index contributed by atoms with van der Waals surface area (Å²) in [5.41, 5.74) is 0. The van der Waals surface area contributed by atoms with E-state index in [4.69, 9.17) is 5.21 Å². The number of thioether (sulfide) groups is 1. The molecular formula is C10H18N2O2S. The van der Waals surface area contributed by atoms with Crippen LogP contribution in [0.4, 0.5) is 0 Å². The van der Waals surface area contributed by atoms with E-state index < -0.39 is 0 Å². The maximum absolute atomic E-state index is 11.7. The average Bonchev–Trinajstić information content (AvgIpc) is 2.22. The molecule has 4 nitrogen and oxygen atoms in total. The molecule has 86 valence electrons. The number of hydrogen-bond acceptors (Lipinski definition) is 4. The number of carbonyl (C=O) groups is 1. The lowest BCUT2D eigenvalue weighted by molar-refractivity contribution is -0.121. The van der Waals surface area contributed by atoms with Crippen LogP contribution in [0.25, 0.3) is 0 Å². The van der Waals surface area contributed by atoms with E-state index in [0.717, 1.165) is 25.7 Å². The maximum atomic E-state index is 11.7. The van der Waals surface area contributed by atoms with E-state index in [1.165, 1.54) is 11.8 Å². The Morgan fingerprint density at radius 2 is 2.07 bits per heavy atom. The van der Waals surface area contributed by atoms with E-state index in [-0.39, 0.29) is 17.2 Å². The molecule has 0 saturated carbocycles. The Hall–Kier alpha value is -0.710. The van der Waals surface area contributed by atoms with E-state index in [1.54, 1.807) is 0 Å². The summed E-state index contributed by atoms with van der Waals surface area (Å²) in [4.78, 5) is 11.7. The van der Waals surface area contributed by atoms with Crippen molar-refractivity contribution in [3.8, 4) is 0 Å². The molecule has 2 atom stereocenters. The van der Waals surface area contributed by atoms with Crippen molar-refractivity contribution in [2.24, 2.45) is 5.16 Å². The molecule has 1 amide bonds. The van der Waals surface area contributed by atoms with Gasteiger partial charge in [-0.1, -0.05) is 43.6 Å². The van der Waals surface area contributed by atoms with Crippen molar-refractivity contribution in [3.63, 3.8) is 0 Å². The largest absolute Gasteiger partial charge is 0.410 e. The smallest absolute Gasteiger partial charge is 0.234 e. The van der Waals surface area contributed by atoms with Gasteiger partial charge in [0.2, 0.25) is 5.91 Å². The van der Waals surface area contributed by atoms with E-state index >= 15 is 0 Å². The Kier molecular flexibility index (Phi) is 4.94. The fourth-order valence-corrected chi connectivity index (χ4v) is 2.85. The standard InChI is InChI=1S/C10H18N2O2S/c1-3-5-7-10(12-14)15-8(6-4-2)9(13)11-7/h7-8,14H,3-6H2,1-2H3,(H,11,13). The van der Waals surface area contributed by atoms with Gasteiger partial charge in [0.15, 0.2) is 0 Å². The Bertz CT molecular complexity index is 256. The van der Waals surface area contributed by atoms with Crippen molar-refractivity contribution in [2.75, 3.05) is 0 Å². The normalized spacial score (nSPS) is 29.2. The molecule has 1 fully saturated rings. The van der Waals surface area contributed by atoms with Crippen LogP contribution in [0, 0.1) is 0 Å². The second-order valence-electron chi connectivity index (χ2n) is 3.68. The zero-order valence-corrected chi connectivity index (χ0v) is 10.0. The van der Waals surface area contributed by atoms with Crippen LogP contribution >= 0.6 is 11.8 Å². The van der Waals surface area contributed by atoms with Crippen LogP contribution in [0.1, 0.15) is 39.5 Å². The number of hydrogen-bond donors (Lipinski definition) is 2. The molecule has 0 aromatic heterocycles. The molecule has 0 spiro atoms. The third-order valence-electron chi connectivity index (χ3n) is 2.40. The highest BCUT2D eigenvalue weighted by Gasteiger charge is 2.32. The van der Waals surface area contributed by atoms with Gasteiger partial charge < -0.3 is 10.5 Å². The third kappa shape index (κ3) is 3.12.